The van der Waals surface area contributed by atoms with E-state index in [-0.39, 0.29) is 6.04 Å². The van der Waals surface area contributed by atoms with Gasteiger partial charge >= 0.3 is 0 Å². The van der Waals surface area contributed by atoms with E-state index in [2.05, 4.69) is 12.1 Å². The third kappa shape index (κ3) is 5.75. The molecule has 0 heterocycles. The SMILES string of the molecule is C=CC(C)NOCCOC. The summed E-state index contributed by atoms with van der Waals surface area (Å²) in [5.41, 5.74) is 2.77. The van der Waals surface area contributed by atoms with Crippen LogP contribution in [0.2, 0.25) is 0 Å². The highest BCUT2D eigenvalue weighted by Crippen LogP contribution is 1.80. The largest absolute Gasteiger partial charge is 0.382 e. The Balaban J connectivity index is 2.95. The zero-order valence-corrected chi connectivity index (χ0v) is 6.59. The molecule has 1 N–H and O–H groups in total. The molecule has 0 bridgehead atoms. The number of hydrogen-bond donors (Lipinski definition) is 1. The molecule has 0 aliphatic heterocycles. The van der Waals surface area contributed by atoms with E-state index in [4.69, 9.17) is 9.57 Å². The van der Waals surface area contributed by atoms with Gasteiger partial charge in [0.1, 0.15) is 0 Å². The van der Waals surface area contributed by atoms with Crippen LogP contribution >= 0.6 is 0 Å². The van der Waals surface area contributed by atoms with Gasteiger partial charge in [-0.15, -0.1) is 6.58 Å². The Labute approximate surface area is 62.0 Å². The van der Waals surface area contributed by atoms with Crippen LogP contribution in [0.1, 0.15) is 6.92 Å². The van der Waals surface area contributed by atoms with E-state index in [1.165, 1.54) is 0 Å². The van der Waals surface area contributed by atoms with Gasteiger partial charge in [0.05, 0.1) is 13.2 Å². The Morgan fingerprint density at radius 2 is 2.30 bits per heavy atom. The molecular formula is C7H15NO2. The molecule has 0 aliphatic carbocycles. The Kier molecular flexibility index (Phi) is 6.48. The third-order valence-electron chi connectivity index (χ3n) is 1.01. The molecule has 0 rings (SSSR count). The van der Waals surface area contributed by atoms with E-state index >= 15 is 0 Å². The van der Waals surface area contributed by atoms with E-state index < -0.39 is 0 Å². The van der Waals surface area contributed by atoms with Crippen molar-refractivity contribution >= 4 is 0 Å². The topological polar surface area (TPSA) is 30.5 Å². The summed E-state index contributed by atoms with van der Waals surface area (Å²) >= 11 is 0. The van der Waals surface area contributed by atoms with Crippen molar-refractivity contribution in [1.82, 2.24) is 5.48 Å². The van der Waals surface area contributed by atoms with E-state index in [1.54, 1.807) is 13.2 Å². The zero-order chi connectivity index (χ0) is 7.82. The third-order valence-corrected chi connectivity index (χ3v) is 1.01. The van der Waals surface area contributed by atoms with Crippen molar-refractivity contribution in [3.63, 3.8) is 0 Å². The number of hydrogen-bond acceptors (Lipinski definition) is 3. The summed E-state index contributed by atoms with van der Waals surface area (Å²) in [5, 5.41) is 0. The van der Waals surface area contributed by atoms with Crippen LogP contribution in [-0.4, -0.2) is 26.4 Å². The molecule has 0 aromatic heterocycles. The van der Waals surface area contributed by atoms with Crippen LogP contribution in [0.4, 0.5) is 0 Å². The molecule has 60 valence electrons. The van der Waals surface area contributed by atoms with Crippen molar-refractivity contribution in [3.8, 4) is 0 Å². The minimum Gasteiger partial charge on any atom is -0.382 e. The van der Waals surface area contributed by atoms with Crippen LogP contribution in [-0.2, 0) is 9.57 Å². The second-order valence-corrected chi connectivity index (χ2v) is 1.98. The quantitative estimate of drug-likeness (QED) is 0.339. The maximum atomic E-state index is 4.98. The number of rotatable bonds is 6. The number of nitrogens with one attached hydrogen (secondary N) is 1. The monoisotopic (exact) mass is 145 g/mol. The van der Waals surface area contributed by atoms with Crippen LogP contribution in [0.3, 0.4) is 0 Å². The predicted octanol–water partition coefficient (Wildman–Crippen LogP) is 0.728. The Bertz CT molecular complexity index is 85.7. The molecule has 0 radical (unpaired) electrons. The van der Waals surface area contributed by atoms with Crippen LogP contribution in [0, 0.1) is 0 Å². The van der Waals surface area contributed by atoms with Crippen molar-refractivity contribution in [2.75, 3.05) is 20.3 Å². The zero-order valence-electron chi connectivity index (χ0n) is 6.59. The lowest BCUT2D eigenvalue weighted by Crippen LogP contribution is -2.25. The van der Waals surface area contributed by atoms with Gasteiger partial charge in [-0.1, -0.05) is 6.08 Å². The van der Waals surface area contributed by atoms with Crippen molar-refractivity contribution < 1.29 is 9.57 Å². The van der Waals surface area contributed by atoms with Crippen molar-refractivity contribution in [3.05, 3.63) is 12.7 Å². The molecule has 0 saturated carbocycles. The van der Waals surface area contributed by atoms with Gasteiger partial charge in [0.2, 0.25) is 0 Å². The lowest BCUT2D eigenvalue weighted by atomic mass is 10.4. The molecule has 0 aliphatic rings. The molecule has 10 heavy (non-hydrogen) atoms. The van der Waals surface area contributed by atoms with E-state index in [0.29, 0.717) is 13.2 Å². The van der Waals surface area contributed by atoms with Crippen molar-refractivity contribution in [2.24, 2.45) is 0 Å². The first-order valence-electron chi connectivity index (χ1n) is 3.30. The Hall–Kier alpha value is -0.380. The highest BCUT2D eigenvalue weighted by molar-refractivity contribution is 4.77. The van der Waals surface area contributed by atoms with E-state index in [0.717, 1.165) is 0 Å². The van der Waals surface area contributed by atoms with Gasteiger partial charge in [0.25, 0.3) is 0 Å². The van der Waals surface area contributed by atoms with Crippen LogP contribution in [0.15, 0.2) is 12.7 Å². The van der Waals surface area contributed by atoms with Crippen LogP contribution in [0.25, 0.3) is 0 Å². The summed E-state index contributed by atoms with van der Waals surface area (Å²) in [5.74, 6) is 0. The standard InChI is InChI=1S/C7H15NO2/c1-4-7(2)8-10-6-5-9-3/h4,7-8H,1,5-6H2,2-3H3. The second-order valence-electron chi connectivity index (χ2n) is 1.98. The molecule has 0 fully saturated rings. The normalized spacial score (nSPS) is 13.0. The lowest BCUT2D eigenvalue weighted by molar-refractivity contribution is -0.00136. The smallest absolute Gasteiger partial charge is 0.0916 e. The molecule has 1 atom stereocenters. The molecular weight excluding hydrogens is 130 g/mol. The van der Waals surface area contributed by atoms with Crippen LogP contribution in [0.5, 0.6) is 0 Å². The van der Waals surface area contributed by atoms with Gasteiger partial charge in [-0.05, 0) is 6.92 Å². The lowest BCUT2D eigenvalue weighted by Gasteiger charge is -2.07. The van der Waals surface area contributed by atoms with Gasteiger partial charge in [-0.3, -0.25) is 4.84 Å². The van der Waals surface area contributed by atoms with Crippen LogP contribution < -0.4 is 5.48 Å². The van der Waals surface area contributed by atoms with Gasteiger partial charge in [-0.2, -0.15) is 5.48 Å². The summed E-state index contributed by atoms with van der Waals surface area (Å²) in [6.07, 6.45) is 1.77. The Morgan fingerprint density at radius 3 is 2.80 bits per heavy atom. The first-order valence-corrected chi connectivity index (χ1v) is 3.30. The average Bonchev–Trinajstić information content (AvgIpc) is 1.98. The average molecular weight is 145 g/mol. The van der Waals surface area contributed by atoms with Crippen molar-refractivity contribution in [2.45, 2.75) is 13.0 Å². The number of ether oxygens (including phenoxy) is 1. The second kappa shape index (κ2) is 6.74. The molecule has 3 nitrogen and oxygen atoms in total. The van der Waals surface area contributed by atoms with Gasteiger partial charge in [-0.25, -0.2) is 0 Å². The minimum atomic E-state index is 0.192. The van der Waals surface area contributed by atoms with Gasteiger partial charge in [0, 0.05) is 13.2 Å². The van der Waals surface area contributed by atoms with E-state index in [1.807, 2.05) is 6.92 Å². The summed E-state index contributed by atoms with van der Waals surface area (Å²) < 4.78 is 4.77. The van der Waals surface area contributed by atoms with Gasteiger partial charge < -0.3 is 4.74 Å². The molecule has 0 aromatic rings. The maximum absolute atomic E-state index is 4.98. The molecule has 1 unspecified atom stereocenters. The summed E-state index contributed by atoms with van der Waals surface area (Å²) in [4.78, 5) is 4.98. The first-order chi connectivity index (χ1) is 4.81. The molecule has 0 spiro atoms. The highest BCUT2D eigenvalue weighted by atomic mass is 16.7. The summed E-state index contributed by atoms with van der Waals surface area (Å²) in [6, 6.07) is 0.192. The maximum Gasteiger partial charge on any atom is 0.0916 e. The first kappa shape index (κ1) is 9.62. The fraction of sp³-hybridized carbons (Fsp3) is 0.714. The molecule has 3 heteroatoms. The predicted molar refractivity (Wildman–Crippen MR) is 40.6 cm³/mol. The van der Waals surface area contributed by atoms with E-state index in [9.17, 15) is 0 Å². The minimum absolute atomic E-state index is 0.192. The number of methoxy groups -OCH3 is 1. The van der Waals surface area contributed by atoms with Crippen molar-refractivity contribution in [1.29, 1.82) is 0 Å². The molecule has 0 amide bonds. The Morgan fingerprint density at radius 1 is 1.60 bits per heavy atom. The number of hydroxylamine groups is 1. The fourth-order valence-electron chi connectivity index (χ4n) is 0.363. The molecule has 0 aromatic carbocycles. The summed E-state index contributed by atoms with van der Waals surface area (Å²) in [6.45, 7) is 6.72. The van der Waals surface area contributed by atoms with Gasteiger partial charge in [0.15, 0.2) is 0 Å². The molecule has 0 saturated heterocycles. The fourth-order valence-corrected chi connectivity index (χ4v) is 0.363. The highest BCUT2D eigenvalue weighted by Gasteiger charge is 1.91. The summed E-state index contributed by atoms with van der Waals surface area (Å²) in [7, 11) is 1.64.